The molecule has 0 aromatic carbocycles. The van der Waals surface area contributed by atoms with E-state index in [0.717, 1.165) is 63.5 Å². The Labute approximate surface area is 121 Å². The minimum absolute atomic E-state index is 0.0369. The molecule has 20 heavy (non-hydrogen) atoms. The molecule has 0 spiro atoms. The number of likely N-dealkylation sites (tertiary alicyclic amines) is 2. The van der Waals surface area contributed by atoms with Gasteiger partial charge >= 0.3 is 0 Å². The van der Waals surface area contributed by atoms with E-state index in [2.05, 4.69) is 9.80 Å². The summed E-state index contributed by atoms with van der Waals surface area (Å²) in [5, 5.41) is 9.72. The van der Waals surface area contributed by atoms with Crippen LogP contribution in [0.5, 0.6) is 0 Å². The molecule has 1 N–H and O–H groups in total. The Kier molecular flexibility index (Phi) is 3.26. The molecule has 4 rings (SSSR count). The van der Waals surface area contributed by atoms with Crippen LogP contribution in [0.25, 0.3) is 0 Å². The van der Waals surface area contributed by atoms with Gasteiger partial charge in [0.15, 0.2) is 0 Å². The molecule has 2 saturated carbocycles. The van der Waals surface area contributed by atoms with Crippen molar-refractivity contribution in [3.05, 3.63) is 0 Å². The first kappa shape index (κ1) is 13.1. The predicted molar refractivity (Wildman–Crippen MR) is 76.1 cm³/mol. The van der Waals surface area contributed by atoms with Gasteiger partial charge < -0.3 is 10.0 Å². The summed E-state index contributed by atoms with van der Waals surface area (Å²) in [5.41, 5.74) is 0. The molecular formula is C16H26N2O2. The zero-order valence-corrected chi connectivity index (χ0v) is 12.2. The molecule has 2 saturated heterocycles. The number of hydrogen-bond acceptors (Lipinski definition) is 3. The first-order valence-electron chi connectivity index (χ1n) is 8.41. The summed E-state index contributed by atoms with van der Waals surface area (Å²) < 4.78 is 0. The number of hydrogen-bond donors (Lipinski definition) is 1. The van der Waals surface area contributed by atoms with Crippen LogP contribution in [0.2, 0.25) is 0 Å². The largest absolute Gasteiger partial charge is 0.393 e. The van der Waals surface area contributed by atoms with Crippen molar-refractivity contribution in [1.29, 1.82) is 0 Å². The highest BCUT2D eigenvalue weighted by Gasteiger charge is 2.43. The van der Waals surface area contributed by atoms with E-state index in [1.165, 1.54) is 13.1 Å². The average molecular weight is 278 g/mol. The van der Waals surface area contributed by atoms with Crippen molar-refractivity contribution in [2.24, 2.45) is 17.8 Å². The minimum Gasteiger partial charge on any atom is -0.393 e. The maximum absolute atomic E-state index is 12.1. The number of amides is 1. The van der Waals surface area contributed by atoms with Gasteiger partial charge in [-0.15, -0.1) is 0 Å². The van der Waals surface area contributed by atoms with Crippen molar-refractivity contribution < 1.29 is 9.90 Å². The summed E-state index contributed by atoms with van der Waals surface area (Å²) in [6, 6.07) is 0.681. The van der Waals surface area contributed by atoms with Crippen molar-refractivity contribution >= 4 is 5.91 Å². The molecule has 0 aromatic heterocycles. The van der Waals surface area contributed by atoms with Crippen LogP contribution < -0.4 is 0 Å². The fourth-order valence-electron chi connectivity index (χ4n) is 4.64. The zero-order valence-electron chi connectivity index (χ0n) is 12.2. The van der Waals surface area contributed by atoms with Gasteiger partial charge in [-0.1, -0.05) is 0 Å². The molecule has 2 aliphatic heterocycles. The van der Waals surface area contributed by atoms with Crippen LogP contribution in [0.4, 0.5) is 0 Å². The van der Waals surface area contributed by atoms with Gasteiger partial charge in [0.25, 0.3) is 0 Å². The summed E-state index contributed by atoms with van der Waals surface area (Å²) in [6.45, 7) is 4.30. The predicted octanol–water partition coefficient (Wildman–Crippen LogP) is 1.09. The molecule has 4 aliphatic rings. The number of carbonyl (C=O) groups is 1. The maximum atomic E-state index is 12.1. The number of fused-ring (bicyclic) bond motifs is 1. The smallest absolute Gasteiger partial charge is 0.225 e. The summed E-state index contributed by atoms with van der Waals surface area (Å²) in [6.07, 6.45) is 6.54. The lowest BCUT2D eigenvalue weighted by atomic mass is 10.0. The van der Waals surface area contributed by atoms with Gasteiger partial charge in [0.05, 0.1) is 6.10 Å². The molecule has 0 aromatic rings. The second kappa shape index (κ2) is 4.99. The average Bonchev–Trinajstić information content (AvgIpc) is 3.14. The van der Waals surface area contributed by atoms with E-state index in [9.17, 15) is 9.90 Å². The summed E-state index contributed by atoms with van der Waals surface area (Å²) in [4.78, 5) is 16.8. The van der Waals surface area contributed by atoms with E-state index in [1.807, 2.05) is 0 Å². The minimum atomic E-state index is -0.0369. The van der Waals surface area contributed by atoms with E-state index in [4.69, 9.17) is 0 Å². The Morgan fingerprint density at radius 3 is 2.10 bits per heavy atom. The monoisotopic (exact) mass is 278 g/mol. The van der Waals surface area contributed by atoms with Crippen LogP contribution in [0.3, 0.4) is 0 Å². The van der Waals surface area contributed by atoms with Crippen molar-refractivity contribution in [2.75, 3.05) is 26.2 Å². The van der Waals surface area contributed by atoms with Gasteiger partial charge in [0, 0.05) is 38.1 Å². The van der Waals surface area contributed by atoms with Crippen molar-refractivity contribution in [3.8, 4) is 0 Å². The van der Waals surface area contributed by atoms with Gasteiger partial charge in [0.2, 0.25) is 5.91 Å². The van der Waals surface area contributed by atoms with Crippen LogP contribution >= 0.6 is 0 Å². The van der Waals surface area contributed by atoms with E-state index < -0.39 is 0 Å². The van der Waals surface area contributed by atoms with Crippen LogP contribution in [-0.2, 0) is 4.79 Å². The van der Waals surface area contributed by atoms with Gasteiger partial charge in [-0.25, -0.2) is 0 Å². The SMILES string of the molecule is O=C(C1CC1)N1CCC(N2C[C@H]3CC(O)C[C@H]3C2)CC1. The molecule has 4 heteroatoms. The van der Waals surface area contributed by atoms with E-state index in [1.54, 1.807) is 0 Å². The Balaban J connectivity index is 1.28. The standard InChI is InChI=1S/C16H26N2O2/c19-15-7-12-9-18(10-13(12)8-15)14-3-5-17(6-4-14)16(20)11-1-2-11/h11-15,19H,1-10H2/t12-,13+,15?. The summed E-state index contributed by atoms with van der Waals surface area (Å²) in [5.74, 6) is 2.26. The van der Waals surface area contributed by atoms with Crippen molar-refractivity contribution in [3.63, 3.8) is 0 Å². The Morgan fingerprint density at radius 1 is 0.950 bits per heavy atom. The highest BCUT2D eigenvalue weighted by Crippen LogP contribution is 2.40. The molecule has 4 nitrogen and oxygen atoms in total. The normalized spacial score (nSPS) is 39.2. The fourth-order valence-corrected chi connectivity index (χ4v) is 4.64. The molecule has 112 valence electrons. The summed E-state index contributed by atoms with van der Waals surface area (Å²) in [7, 11) is 0. The van der Waals surface area contributed by atoms with Crippen LogP contribution in [-0.4, -0.2) is 59.1 Å². The molecule has 4 fully saturated rings. The Morgan fingerprint density at radius 2 is 1.55 bits per heavy atom. The van der Waals surface area contributed by atoms with Crippen molar-refractivity contribution in [2.45, 2.75) is 50.7 Å². The lowest BCUT2D eigenvalue weighted by Gasteiger charge is -2.37. The maximum Gasteiger partial charge on any atom is 0.225 e. The quantitative estimate of drug-likeness (QED) is 0.822. The van der Waals surface area contributed by atoms with Crippen molar-refractivity contribution in [1.82, 2.24) is 9.80 Å². The van der Waals surface area contributed by atoms with Crippen LogP contribution in [0.15, 0.2) is 0 Å². The topological polar surface area (TPSA) is 43.8 Å². The second-order valence-electron chi connectivity index (χ2n) is 7.43. The Bertz CT molecular complexity index is 374. The number of aliphatic hydroxyl groups excluding tert-OH is 1. The van der Waals surface area contributed by atoms with Crippen LogP contribution in [0, 0.1) is 17.8 Å². The molecule has 0 bridgehead atoms. The molecule has 0 radical (unpaired) electrons. The zero-order chi connectivity index (χ0) is 13.7. The molecule has 2 aliphatic carbocycles. The third-order valence-electron chi connectivity index (χ3n) is 5.97. The lowest BCUT2D eigenvalue weighted by molar-refractivity contribution is -0.134. The molecule has 2 heterocycles. The Hall–Kier alpha value is -0.610. The number of aliphatic hydroxyl groups is 1. The first-order valence-corrected chi connectivity index (χ1v) is 8.41. The number of rotatable bonds is 2. The van der Waals surface area contributed by atoms with Gasteiger partial charge in [-0.2, -0.15) is 0 Å². The van der Waals surface area contributed by atoms with Crippen LogP contribution in [0.1, 0.15) is 38.5 Å². The lowest BCUT2D eigenvalue weighted by Crippen LogP contribution is -2.46. The highest BCUT2D eigenvalue weighted by molar-refractivity contribution is 5.81. The van der Waals surface area contributed by atoms with Gasteiger partial charge in [-0.3, -0.25) is 9.69 Å². The molecule has 3 atom stereocenters. The number of carbonyl (C=O) groups excluding carboxylic acids is 1. The number of piperidine rings is 1. The molecular weight excluding hydrogens is 252 g/mol. The first-order chi connectivity index (χ1) is 9.70. The molecule has 1 unspecified atom stereocenters. The van der Waals surface area contributed by atoms with E-state index >= 15 is 0 Å². The van der Waals surface area contributed by atoms with E-state index in [0.29, 0.717) is 17.9 Å². The van der Waals surface area contributed by atoms with Gasteiger partial charge in [0.1, 0.15) is 0 Å². The summed E-state index contributed by atoms with van der Waals surface area (Å²) >= 11 is 0. The second-order valence-corrected chi connectivity index (χ2v) is 7.43. The fraction of sp³-hybridized carbons (Fsp3) is 0.938. The van der Waals surface area contributed by atoms with E-state index in [-0.39, 0.29) is 6.10 Å². The number of nitrogens with zero attached hydrogens (tertiary/aromatic N) is 2. The molecule has 1 amide bonds. The third-order valence-corrected chi connectivity index (χ3v) is 5.97. The highest BCUT2D eigenvalue weighted by atomic mass is 16.3. The van der Waals surface area contributed by atoms with Gasteiger partial charge in [-0.05, 0) is 50.4 Å². The third kappa shape index (κ3) is 2.37.